The van der Waals surface area contributed by atoms with Crippen LogP contribution in [0.3, 0.4) is 0 Å². The number of carbonyl (C=O) groups is 1. The highest BCUT2D eigenvalue weighted by molar-refractivity contribution is 5.90. The fourth-order valence-corrected chi connectivity index (χ4v) is 2.22. The minimum absolute atomic E-state index is 0.433. The van der Waals surface area contributed by atoms with Gasteiger partial charge in [-0.3, -0.25) is 4.79 Å². The van der Waals surface area contributed by atoms with Gasteiger partial charge in [-0.05, 0) is 18.6 Å². The van der Waals surface area contributed by atoms with Gasteiger partial charge in [-0.25, -0.2) is 0 Å². The van der Waals surface area contributed by atoms with Gasteiger partial charge in [-0.2, -0.15) is 13.2 Å². The van der Waals surface area contributed by atoms with Crippen LogP contribution in [0.15, 0.2) is 42.6 Å². The molecule has 1 aromatic carbocycles. The van der Waals surface area contributed by atoms with Crippen molar-refractivity contribution in [3.8, 4) is 0 Å². The van der Waals surface area contributed by atoms with Crippen LogP contribution < -0.4 is 0 Å². The lowest BCUT2D eigenvalue weighted by Crippen LogP contribution is -2.47. The number of carbonyl (C=O) groups excluding carboxylic acids is 1. The maximum Gasteiger partial charge on any atom is 0.409 e. The average molecular weight is 269 g/mol. The standard InChI is InChI=1S/C14H14F3NO/c1-10(11-5-3-2-4-6-11)18-8-7-12(19)9-13(18)14(15,16)17/h2-8,10,13H,9H2,1H3. The monoisotopic (exact) mass is 269 g/mol. The van der Waals surface area contributed by atoms with Crippen molar-refractivity contribution in [3.05, 3.63) is 48.2 Å². The summed E-state index contributed by atoms with van der Waals surface area (Å²) in [5, 5.41) is 0. The molecule has 1 aliphatic heterocycles. The lowest BCUT2D eigenvalue weighted by atomic mass is 9.99. The van der Waals surface area contributed by atoms with E-state index in [0.717, 1.165) is 5.56 Å². The SMILES string of the molecule is CC(c1ccccc1)N1C=CC(=O)CC1C(F)(F)F. The van der Waals surface area contributed by atoms with Gasteiger partial charge in [-0.1, -0.05) is 30.3 Å². The summed E-state index contributed by atoms with van der Waals surface area (Å²) in [7, 11) is 0. The molecule has 0 aromatic heterocycles. The first kappa shape index (κ1) is 13.6. The molecule has 0 amide bonds. The fraction of sp³-hybridized carbons (Fsp3) is 0.357. The Bertz CT molecular complexity index is 481. The summed E-state index contributed by atoms with van der Waals surface area (Å²) in [5.41, 5.74) is 0.788. The number of allylic oxidation sites excluding steroid dienone is 1. The fourth-order valence-electron chi connectivity index (χ4n) is 2.22. The van der Waals surface area contributed by atoms with E-state index in [1.807, 2.05) is 6.07 Å². The molecule has 0 aliphatic carbocycles. The summed E-state index contributed by atoms with van der Waals surface area (Å²) >= 11 is 0. The Morgan fingerprint density at radius 2 is 1.89 bits per heavy atom. The minimum atomic E-state index is -4.41. The second-order valence-corrected chi connectivity index (χ2v) is 4.58. The van der Waals surface area contributed by atoms with Crippen molar-refractivity contribution in [2.45, 2.75) is 31.6 Å². The minimum Gasteiger partial charge on any atom is -0.359 e. The largest absolute Gasteiger partial charge is 0.409 e. The predicted octanol–water partition coefficient (Wildman–Crippen LogP) is 3.47. The molecule has 0 spiro atoms. The first-order valence-electron chi connectivity index (χ1n) is 5.99. The summed E-state index contributed by atoms with van der Waals surface area (Å²) < 4.78 is 39.0. The highest BCUT2D eigenvalue weighted by Gasteiger charge is 2.46. The van der Waals surface area contributed by atoms with Crippen LogP contribution in [0.4, 0.5) is 13.2 Å². The normalized spacial score (nSPS) is 21.6. The molecule has 0 radical (unpaired) electrons. The number of hydrogen-bond donors (Lipinski definition) is 0. The molecule has 0 saturated carbocycles. The molecule has 0 saturated heterocycles. The Balaban J connectivity index is 2.30. The zero-order valence-electron chi connectivity index (χ0n) is 10.4. The number of benzene rings is 1. The number of nitrogens with zero attached hydrogens (tertiary/aromatic N) is 1. The van der Waals surface area contributed by atoms with Crippen molar-refractivity contribution in [1.82, 2.24) is 4.90 Å². The summed E-state index contributed by atoms with van der Waals surface area (Å²) in [6.07, 6.45) is -2.47. The van der Waals surface area contributed by atoms with E-state index >= 15 is 0 Å². The van der Waals surface area contributed by atoms with Crippen LogP contribution in [0.25, 0.3) is 0 Å². The third kappa shape index (κ3) is 2.97. The van der Waals surface area contributed by atoms with Gasteiger partial charge >= 0.3 is 6.18 Å². The van der Waals surface area contributed by atoms with Crippen LogP contribution in [0, 0.1) is 0 Å². The van der Waals surface area contributed by atoms with E-state index in [2.05, 4.69) is 0 Å². The van der Waals surface area contributed by atoms with Gasteiger partial charge in [0.05, 0.1) is 6.04 Å². The molecule has 2 nitrogen and oxygen atoms in total. The van der Waals surface area contributed by atoms with Crippen LogP contribution in [-0.2, 0) is 4.79 Å². The van der Waals surface area contributed by atoms with Gasteiger partial charge in [0.15, 0.2) is 5.78 Å². The third-order valence-electron chi connectivity index (χ3n) is 3.29. The second-order valence-electron chi connectivity index (χ2n) is 4.58. The molecule has 102 valence electrons. The Labute approximate surface area is 109 Å². The van der Waals surface area contributed by atoms with Crippen molar-refractivity contribution in [2.75, 3.05) is 0 Å². The van der Waals surface area contributed by atoms with E-state index in [1.54, 1.807) is 31.2 Å². The van der Waals surface area contributed by atoms with Crippen molar-refractivity contribution in [1.29, 1.82) is 0 Å². The molecule has 1 heterocycles. The number of rotatable bonds is 2. The Morgan fingerprint density at radius 3 is 2.47 bits per heavy atom. The van der Waals surface area contributed by atoms with Gasteiger partial charge in [0, 0.05) is 12.6 Å². The Hall–Kier alpha value is -1.78. The predicted molar refractivity (Wildman–Crippen MR) is 65.3 cm³/mol. The molecule has 0 fully saturated rings. The van der Waals surface area contributed by atoms with Gasteiger partial charge in [0.1, 0.15) is 6.04 Å². The topological polar surface area (TPSA) is 20.3 Å². The van der Waals surface area contributed by atoms with E-state index in [9.17, 15) is 18.0 Å². The third-order valence-corrected chi connectivity index (χ3v) is 3.29. The second kappa shape index (κ2) is 5.07. The molecule has 2 rings (SSSR count). The molecular weight excluding hydrogens is 255 g/mol. The zero-order valence-corrected chi connectivity index (χ0v) is 10.4. The quantitative estimate of drug-likeness (QED) is 0.819. The van der Waals surface area contributed by atoms with Crippen LogP contribution in [0.2, 0.25) is 0 Å². The molecule has 1 aromatic rings. The van der Waals surface area contributed by atoms with Crippen LogP contribution in [0.1, 0.15) is 24.9 Å². The Morgan fingerprint density at radius 1 is 1.26 bits per heavy atom. The molecule has 2 atom stereocenters. The number of hydrogen-bond acceptors (Lipinski definition) is 2. The van der Waals surface area contributed by atoms with E-state index in [4.69, 9.17) is 0 Å². The van der Waals surface area contributed by atoms with E-state index < -0.39 is 30.5 Å². The smallest absolute Gasteiger partial charge is 0.359 e. The molecule has 0 N–H and O–H groups in total. The lowest BCUT2D eigenvalue weighted by molar-refractivity contribution is -0.186. The summed E-state index contributed by atoms with van der Waals surface area (Å²) in [6.45, 7) is 1.70. The van der Waals surface area contributed by atoms with Crippen molar-refractivity contribution >= 4 is 5.78 Å². The average Bonchev–Trinajstić information content (AvgIpc) is 2.38. The first-order chi connectivity index (χ1) is 8.89. The number of alkyl halides is 3. The molecule has 19 heavy (non-hydrogen) atoms. The molecule has 2 unspecified atom stereocenters. The molecule has 0 bridgehead atoms. The van der Waals surface area contributed by atoms with Crippen LogP contribution in [-0.4, -0.2) is 22.9 Å². The van der Waals surface area contributed by atoms with Gasteiger partial charge in [0.25, 0.3) is 0 Å². The van der Waals surface area contributed by atoms with Gasteiger partial charge in [-0.15, -0.1) is 0 Å². The Kier molecular flexibility index (Phi) is 3.64. The number of ketones is 1. The van der Waals surface area contributed by atoms with E-state index in [0.29, 0.717) is 0 Å². The highest BCUT2D eigenvalue weighted by Crippen LogP contribution is 2.35. The van der Waals surface area contributed by atoms with E-state index in [-0.39, 0.29) is 0 Å². The van der Waals surface area contributed by atoms with Crippen LogP contribution >= 0.6 is 0 Å². The molecular formula is C14H14F3NO. The highest BCUT2D eigenvalue weighted by atomic mass is 19.4. The summed E-state index contributed by atoms with van der Waals surface area (Å²) in [5.74, 6) is -0.487. The van der Waals surface area contributed by atoms with Crippen molar-refractivity contribution < 1.29 is 18.0 Å². The van der Waals surface area contributed by atoms with Gasteiger partial charge < -0.3 is 4.90 Å². The van der Waals surface area contributed by atoms with Crippen molar-refractivity contribution in [2.24, 2.45) is 0 Å². The molecule has 1 aliphatic rings. The van der Waals surface area contributed by atoms with Crippen molar-refractivity contribution in [3.63, 3.8) is 0 Å². The maximum absolute atomic E-state index is 13.0. The summed E-state index contributed by atoms with van der Waals surface area (Å²) in [4.78, 5) is 12.4. The molecule has 5 heteroatoms. The summed E-state index contributed by atoms with van der Waals surface area (Å²) in [6, 6.07) is 6.76. The maximum atomic E-state index is 13.0. The zero-order chi connectivity index (χ0) is 14.0. The number of halogens is 3. The van der Waals surface area contributed by atoms with Gasteiger partial charge in [0.2, 0.25) is 0 Å². The lowest BCUT2D eigenvalue weighted by Gasteiger charge is -2.38. The van der Waals surface area contributed by atoms with Crippen LogP contribution in [0.5, 0.6) is 0 Å². The van der Waals surface area contributed by atoms with E-state index in [1.165, 1.54) is 17.2 Å². The first-order valence-corrected chi connectivity index (χ1v) is 5.99.